The second kappa shape index (κ2) is 4.95. The SMILES string of the molecule is CN1C(=O)CC(NC2c3ccccc3CCC2(C)C)C1=O. The fourth-order valence-electron chi connectivity index (χ4n) is 3.47. The molecule has 112 valence electrons. The number of amides is 2. The van der Waals surface area contributed by atoms with Crippen molar-refractivity contribution in [2.45, 2.75) is 45.2 Å². The molecular formula is C17H22N2O2. The Bertz CT molecular complexity index is 594. The van der Waals surface area contributed by atoms with E-state index in [2.05, 4.69) is 37.4 Å². The molecule has 0 aromatic heterocycles. The number of nitrogens with zero attached hydrogens (tertiary/aromatic N) is 1. The van der Waals surface area contributed by atoms with Gasteiger partial charge < -0.3 is 0 Å². The number of rotatable bonds is 2. The maximum Gasteiger partial charge on any atom is 0.246 e. The van der Waals surface area contributed by atoms with Gasteiger partial charge in [0.1, 0.15) is 0 Å². The molecule has 1 saturated heterocycles. The van der Waals surface area contributed by atoms with Crippen molar-refractivity contribution in [3.05, 3.63) is 35.4 Å². The number of benzene rings is 1. The molecule has 0 radical (unpaired) electrons. The van der Waals surface area contributed by atoms with Crippen LogP contribution in [0, 0.1) is 5.41 Å². The number of likely N-dealkylation sites (N-methyl/N-ethyl adjacent to an activating group) is 1. The zero-order chi connectivity index (χ0) is 15.2. The monoisotopic (exact) mass is 286 g/mol. The summed E-state index contributed by atoms with van der Waals surface area (Å²) in [6, 6.07) is 8.12. The van der Waals surface area contributed by atoms with E-state index in [1.807, 2.05) is 6.07 Å². The van der Waals surface area contributed by atoms with Gasteiger partial charge in [-0.1, -0.05) is 38.1 Å². The zero-order valence-electron chi connectivity index (χ0n) is 12.8. The molecule has 1 aromatic rings. The maximum atomic E-state index is 12.2. The predicted molar refractivity (Wildman–Crippen MR) is 80.6 cm³/mol. The second-order valence-corrected chi connectivity index (χ2v) is 6.83. The largest absolute Gasteiger partial charge is 0.298 e. The van der Waals surface area contributed by atoms with Crippen molar-refractivity contribution >= 4 is 11.8 Å². The molecule has 2 aliphatic rings. The predicted octanol–water partition coefficient (Wildman–Crippen LogP) is 2.05. The van der Waals surface area contributed by atoms with Crippen LogP contribution in [0.5, 0.6) is 0 Å². The molecule has 1 fully saturated rings. The minimum atomic E-state index is -0.391. The third-order valence-electron chi connectivity index (χ3n) is 4.94. The molecule has 2 amide bonds. The van der Waals surface area contributed by atoms with Crippen LogP contribution in [0.3, 0.4) is 0 Å². The molecule has 4 nitrogen and oxygen atoms in total. The molecule has 0 bridgehead atoms. The molecule has 3 rings (SSSR count). The molecule has 2 unspecified atom stereocenters. The van der Waals surface area contributed by atoms with E-state index in [4.69, 9.17) is 0 Å². The summed E-state index contributed by atoms with van der Waals surface area (Å²) in [7, 11) is 1.56. The summed E-state index contributed by atoms with van der Waals surface area (Å²) in [5.41, 5.74) is 2.68. The van der Waals surface area contributed by atoms with Gasteiger partial charge in [-0.25, -0.2) is 0 Å². The lowest BCUT2D eigenvalue weighted by molar-refractivity contribution is -0.137. The number of imide groups is 1. The standard InChI is InChI=1S/C17H22N2O2/c1-17(2)9-8-11-6-4-5-7-12(11)15(17)18-13-10-14(20)19(3)16(13)21/h4-7,13,15,18H,8-10H2,1-3H3. The van der Waals surface area contributed by atoms with Crippen LogP contribution in [-0.4, -0.2) is 29.8 Å². The van der Waals surface area contributed by atoms with Crippen molar-refractivity contribution in [3.63, 3.8) is 0 Å². The number of nitrogens with one attached hydrogen (secondary N) is 1. The minimum Gasteiger partial charge on any atom is -0.298 e. The number of carbonyl (C=O) groups is 2. The van der Waals surface area contributed by atoms with E-state index in [9.17, 15) is 9.59 Å². The summed E-state index contributed by atoms with van der Waals surface area (Å²) in [6.45, 7) is 4.46. The molecule has 1 aliphatic carbocycles. The average Bonchev–Trinajstić information content (AvgIpc) is 2.69. The lowest BCUT2D eigenvalue weighted by Gasteiger charge is -2.41. The second-order valence-electron chi connectivity index (χ2n) is 6.83. The van der Waals surface area contributed by atoms with Gasteiger partial charge in [0, 0.05) is 13.1 Å². The van der Waals surface area contributed by atoms with Crippen molar-refractivity contribution in [2.24, 2.45) is 5.41 Å². The minimum absolute atomic E-state index is 0.0683. The van der Waals surface area contributed by atoms with Crippen LogP contribution >= 0.6 is 0 Å². The number of likely N-dealkylation sites (tertiary alicyclic amines) is 1. The summed E-state index contributed by atoms with van der Waals surface area (Å²) < 4.78 is 0. The first kappa shape index (κ1) is 14.3. The van der Waals surface area contributed by atoms with E-state index >= 15 is 0 Å². The van der Waals surface area contributed by atoms with Crippen LogP contribution in [0.1, 0.15) is 43.9 Å². The Morgan fingerprint density at radius 2 is 1.95 bits per heavy atom. The lowest BCUT2D eigenvalue weighted by Crippen LogP contribution is -2.46. The topological polar surface area (TPSA) is 49.4 Å². The van der Waals surface area contributed by atoms with Crippen LogP contribution < -0.4 is 5.32 Å². The molecule has 1 aromatic carbocycles. The molecule has 4 heteroatoms. The molecule has 1 heterocycles. The first-order valence-electron chi connectivity index (χ1n) is 7.54. The van der Waals surface area contributed by atoms with Gasteiger partial charge in [0.2, 0.25) is 11.8 Å². The average molecular weight is 286 g/mol. The first-order valence-corrected chi connectivity index (χ1v) is 7.54. The summed E-state index contributed by atoms with van der Waals surface area (Å²) in [5, 5.41) is 3.46. The summed E-state index contributed by atoms with van der Waals surface area (Å²) in [4.78, 5) is 25.1. The third-order valence-corrected chi connectivity index (χ3v) is 4.94. The summed E-state index contributed by atoms with van der Waals surface area (Å²) in [6.07, 6.45) is 2.41. The first-order chi connectivity index (χ1) is 9.90. The highest BCUT2D eigenvalue weighted by Crippen LogP contribution is 2.43. The normalized spacial score (nSPS) is 27.9. The van der Waals surface area contributed by atoms with E-state index < -0.39 is 6.04 Å². The highest BCUT2D eigenvalue weighted by atomic mass is 16.2. The number of carbonyl (C=O) groups excluding carboxylic acids is 2. The van der Waals surface area contributed by atoms with E-state index in [0.29, 0.717) is 0 Å². The van der Waals surface area contributed by atoms with Crippen molar-refractivity contribution in [3.8, 4) is 0 Å². The Labute approximate surface area is 125 Å². The number of hydrogen-bond acceptors (Lipinski definition) is 3. The fourth-order valence-corrected chi connectivity index (χ4v) is 3.47. The van der Waals surface area contributed by atoms with E-state index in [-0.39, 0.29) is 29.7 Å². The van der Waals surface area contributed by atoms with Gasteiger partial charge in [-0.3, -0.25) is 19.8 Å². The van der Waals surface area contributed by atoms with Crippen molar-refractivity contribution in [1.82, 2.24) is 10.2 Å². The summed E-state index contributed by atoms with van der Waals surface area (Å²) >= 11 is 0. The highest BCUT2D eigenvalue weighted by molar-refractivity contribution is 6.05. The number of hydrogen-bond donors (Lipinski definition) is 1. The Morgan fingerprint density at radius 3 is 2.62 bits per heavy atom. The lowest BCUT2D eigenvalue weighted by atomic mass is 9.70. The van der Waals surface area contributed by atoms with E-state index in [1.54, 1.807) is 7.05 Å². The molecule has 1 N–H and O–H groups in total. The smallest absolute Gasteiger partial charge is 0.246 e. The van der Waals surface area contributed by atoms with Gasteiger partial charge in [0.15, 0.2) is 0 Å². The van der Waals surface area contributed by atoms with Gasteiger partial charge in [0.25, 0.3) is 0 Å². The van der Waals surface area contributed by atoms with E-state index in [1.165, 1.54) is 16.0 Å². The maximum absolute atomic E-state index is 12.2. The molecule has 0 saturated carbocycles. The zero-order valence-corrected chi connectivity index (χ0v) is 12.8. The van der Waals surface area contributed by atoms with Gasteiger partial charge >= 0.3 is 0 Å². The number of aryl methyl sites for hydroxylation is 1. The van der Waals surface area contributed by atoms with E-state index in [0.717, 1.165) is 12.8 Å². The Kier molecular flexibility index (Phi) is 3.36. The van der Waals surface area contributed by atoms with Crippen LogP contribution in [-0.2, 0) is 16.0 Å². The molecule has 1 aliphatic heterocycles. The molecular weight excluding hydrogens is 264 g/mol. The van der Waals surface area contributed by atoms with Gasteiger partial charge in [0.05, 0.1) is 12.5 Å². The van der Waals surface area contributed by atoms with Crippen molar-refractivity contribution < 1.29 is 9.59 Å². The fraction of sp³-hybridized carbons (Fsp3) is 0.529. The van der Waals surface area contributed by atoms with Crippen LogP contribution in [0.25, 0.3) is 0 Å². The Balaban J connectivity index is 1.90. The third kappa shape index (κ3) is 2.38. The van der Waals surface area contributed by atoms with Crippen molar-refractivity contribution in [2.75, 3.05) is 7.05 Å². The number of fused-ring (bicyclic) bond motifs is 1. The van der Waals surface area contributed by atoms with Crippen LogP contribution in [0.4, 0.5) is 0 Å². The Hall–Kier alpha value is -1.68. The van der Waals surface area contributed by atoms with Crippen LogP contribution in [0.15, 0.2) is 24.3 Å². The van der Waals surface area contributed by atoms with Gasteiger partial charge in [-0.15, -0.1) is 0 Å². The molecule has 0 spiro atoms. The summed E-state index contributed by atoms with van der Waals surface area (Å²) in [5.74, 6) is -0.210. The molecule has 2 atom stereocenters. The highest BCUT2D eigenvalue weighted by Gasteiger charge is 2.42. The molecule has 21 heavy (non-hydrogen) atoms. The Morgan fingerprint density at radius 1 is 1.24 bits per heavy atom. The quantitative estimate of drug-likeness (QED) is 0.847. The van der Waals surface area contributed by atoms with Gasteiger partial charge in [-0.05, 0) is 29.4 Å². The van der Waals surface area contributed by atoms with Crippen molar-refractivity contribution in [1.29, 1.82) is 0 Å². The van der Waals surface area contributed by atoms with Gasteiger partial charge in [-0.2, -0.15) is 0 Å². The van der Waals surface area contributed by atoms with Crippen LogP contribution in [0.2, 0.25) is 0 Å².